The van der Waals surface area contributed by atoms with Crippen LogP contribution in [0, 0.1) is 11.8 Å². The highest BCUT2D eigenvalue weighted by Crippen LogP contribution is 2.32. The Morgan fingerprint density at radius 2 is 1.58 bits per heavy atom. The Morgan fingerprint density at radius 1 is 1.06 bits per heavy atom. The molecular formula is C28H51NOS. The quantitative estimate of drug-likeness (QED) is 0.285. The minimum Gasteiger partial charge on any atom is -0.400 e. The molecule has 0 fully saturated rings. The lowest BCUT2D eigenvalue weighted by Gasteiger charge is -2.24. The monoisotopic (exact) mass is 449 g/mol. The molecule has 1 rings (SSSR count). The minimum atomic E-state index is 0.709. The molecule has 1 N–H and O–H groups in total. The summed E-state index contributed by atoms with van der Waals surface area (Å²) in [4.78, 5) is 1.32. The molecule has 1 aromatic carbocycles. The first-order valence-electron chi connectivity index (χ1n) is 11.6. The average Bonchev–Trinajstić information content (AvgIpc) is 2.73. The summed E-state index contributed by atoms with van der Waals surface area (Å²) in [7, 11) is 1.00. The molecule has 180 valence electrons. The third-order valence-electron chi connectivity index (χ3n) is 3.75. The van der Waals surface area contributed by atoms with Gasteiger partial charge in [0.05, 0.1) is 0 Å². The van der Waals surface area contributed by atoms with E-state index >= 15 is 0 Å². The van der Waals surface area contributed by atoms with Crippen molar-refractivity contribution in [2.24, 2.45) is 11.8 Å². The first-order chi connectivity index (χ1) is 14.7. The molecule has 0 aromatic heterocycles. The van der Waals surface area contributed by atoms with Gasteiger partial charge in [0.25, 0.3) is 0 Å². The molecule has 0 spiro atoms. The third kappa shape index (κ3) is 17.0. The van der Waals surface area contributed by atoms with Crippen molar-refractivity contribution in [3.63, 3.8) is 0 Å². The molecule has 0 amide bonds. The highest BCUT2D eigenvalue weighted by molar-refractivity contribution is 7.97. The van der Waals surface area contributed by atoms with Gasteiger partial charge in [0.2, 0.25) is 0 Å². The number of aliphatic hydroxyl groups is 1. The van der Waals surface area contributed by atoms with Crippen LogP contribution in [0.25, 0.3) is 12.2 Å². The number of rotatable bonds is 10. The van der Waals surface area contributed by atoms with Gasteiger partial charge in [-0.3, -0.25) is 0 Å². The fraction of sp³-hybridized carbons (Fsp3) is 0.571. The minimum absolute atomic E-state index is 0.709. The van der Waals surface area contributed by atoms with Gasteiger partial charge in [0.15, 0.2) is 0 Å². The van der Waals surface area contributed by atoms with Crippen molar-refractivity contribution in [2.45, 2.75) is 80.1 Å². The second-order valence-corrected chi connectivity index (χ2v) is 9.27. The number of aliphatic hydroxyl groups excluding tert-OH is 1. The van der Waals surface area contributed by atoms with Gasteiger partial charge >= 0.3 is 0 Å². The van der Waals surface area contributed by atoms with Gasteiger partial charge in [0, 0.05) is 25.1 Å². The summed E-state index contributed by atoms with van der Waals surface area (Å²) < 4.78 is 2.43. The van der Waals surface area contributed by atoms with Crippen molar-refractivity contribution in [2.75, 3.05) is 20.2 Å². The predicted molar refractivity (Wildman–Crippen MR) is 148 cm³/mol. The van der Waals surface area contributed by atoms with Gasteiger partial charge in [-0.15, -0.1) is 0 Å². The SMILES string of the molecule is C=Cc1ccc(SN(CCC(C)C)CC(=C)C)c(CC)c1C=C.CC.CC(C)C.CO. The van der Waals surface area contributed by atoms with Crippen LogP contribution in [0.5, 0.6) is 0 Å². The van der Waals surface area contributed by atoms with E-state index in [1.165, 1.54) is 28.0 Å². The standard InChI is InChI=1S/C21H31NS.C4H10.C2H6.CH4O/c1-8-18-11-12-21(20(10-3)19(18)9-2)23-22(15-17(6)7)14-13-16(4)5;1-4(2)3;2*1-2/h8-9,11-12,16H,1-2,6,10,13-15H2,3-5,7H3;4H,1-3H3;1-2H3;2H,1H3. The second-order valence-electron chi connectivity index (χ2n) is 8.13. The maximum Gasteiger partial charge on any atom is 0.0319 e. The number of benzene rings is 1. The molecule has 0 aliphatic heterocycles. The molecule has 0 radical (unpaired) electrons. The van der Waals surface area contributed by atoms with Crippen LogP contribution in [-0.4, -0.2) is 29.6 Å². The Hall–Kier alpha value is -1.29. The van der Waals surface area contributed by atoms with E-state index < -0.39 is 0 Å². The Kier molecular flexibility index (Phi) is 24.3. The second kappa shape index (κ2) is 21.9. The van der Waals surface area contributed by atoms with Crippen LogP contribution >= 0.6 is 11.9 Å². The van der Waals surface area contributed by atoms with Crippen LogP contribution in [0.1, 0.15) is 85.4 Å². The fourth-order valence-corrected chi connectivity index (χ4v) is 3.78. The average molecular weight is 450 g/mol. The molecule has 0 unspecified atom stereocenters. The van der Waals surface area contributed by atoms with E-state index in [-0.39, 0.29) is 0 Å². The topological polar surface area (TPSA) is 23.5 Å². The summed E-state index contributed by atoms with van der Waals surface area (Å²) in [5.74, 6) is 1.54. The Labute approximate surface area is 199 Å². The van der Waals surface area contributed by atoms with E-state index in [1.54, 1.807) is 0 Å². The summed E-state index contributed by atoms with van der Waals surface area (Å²) in [6.45, 7) is 33.3. The Morgan fingerprint density at radius 3 is 1.94 bits per heavy atom. The lowest BCUT2D eigenvalue weighted by Crippen LogP contribution is -2.20. The molecule has 0 aliphatic rings. The lowest BCUT2D eigenvalue weighted by molar-refractivity contribution is 0.399. The zero-order chi connectivity index (χ0) is 25.0. The van der Waals surface area contributed by atoms with Crippen molar-refractivity contribution >= 4 is 24.1 Å². The third-order valence-corrected chi connectivity index (χ3v) is 4.90. The van der Waals surface area contributed by atoms with E-state index in [4.69, 9.17) is 5.11 Å². The predicted octanol–water partition coefficient (Wildman–Crippen LogP) is 8.76. The van der Waals surface area contributed by atoms with Crippen LogP contribution in [0.2, 0.25) is 0 Å². The fourth-order valence-electron chi connectivity index (χ4n) is 2.53. The largest absolute Gasteiger partial charge is 0.400 e. The van der Waals surface area contributed by atoms with E-state index in [2.05, 4.69) is 84.6 Å². The van der Waals surface area contributed by atoms with Crippen molar-refractivity contribution in [1.82, 2.24) is 4.31 Å². The highest BCUT2D eigenvalue weighted by Gasteiger charge is 2.14. The van der Waals surface area contributed by atoms with Gasteiger partial charge in [-0.1, -0.05) is 98.9 Å². The van der Waals surface area contributed by atoms with Gasteiger partial charge in [-0.05, 0) is 66.3 Å². The van der Waals surface area contributed by atoms with Gasteiger partial charge < -0.3 is 5.11 Å². The number of hydrogen-bond donors (Lipinski definition) is 1. The zero-order valence-corrected chi connectivity index (χ0v) is 23.0. The molecule has 0 bridgehead atoms. The highest BCUT2D eigenvalue weighted by atomic mass is 32.2. The maximum atomic E-state index is 7.00. The van der Waals surface area contributed by atoms with E-state index in [0.717, 1.165) is 38.1 Å². The first kappa shape index (κ1) is 34.3. The van der Waals surface area contributed by atoms with Crippen LogP contribution in [-0.2, 0) is 6.42 Å². The van der Waals surface area contributed by atoms with E-state index in [9.17, 15) is 0 Å². The molecule has 0 atom stereocenters. The maximum absolute atomic E-state index is 7.00. The van der Waals surface area contributed by atoms with Crippen molar-refractivity contribution < 1.29 is 5.11 Å². The Balaban J connectivity index is -0.000000855. The normalized spacial score (nSPS) is 9.74. The molecule has 0 aliphatic carbocycles. The number of hydrogen-bond acceptors (Lipinski definition) is 3. The zero-order valence-electron chi connectivity index (χ0n) is 22.2. The summed E-state index contributed by atoms with van der Waals surface area (Å²) in [6, 6.07) is 4.36. The summed E-state index contributed by atoms with van der Waals surface area (Å²) >= 11 is 1.85. The Bertz CT molecular complexity index is 603. The van der Waals surface area contributed by atoms with E-state index in [1.807, 2.05) is 37.9 Å². The summed E-state index contributed by atoms with van der Waals surface area (Å²) in [5.41, 5.74) is 4.94. The molecule has 31 heavy (non-hydrogen) atoms. The summed E-state index contributed by atoms with van der Waals surface area (Å²) in [5, 5.41) is 7.00. The van der Waals surface area contributed by atoms with Gasteiger partial charge in [-0.2, -0.15) is 0 Å². The van der Waals surface area contributed by atoms with Gasteiger partial charge in [0.1, 0.15) is 0 Å². The van der Waals surface area contributed by atoms with Crippen LogP contribution in [0.3, 0.4) is 0 Å². The number of nitrogens with zero attached hydrogens (tertiary/aromatic N) is 1. The van der Waals surface area contributed by atoms with Crippen molar-refractivity contribution in [3.8, 4) is 0 Å². The van der Waals surface area contributed by atoms with Crippen LogP contribution in [0.4, 0.5) is 0 Å². The van der Waals surface area contributed by atoms with Crippen LogP contribution < -0.4 is 0 Å². The van der Waals surface area contributed by atoms with Crippen molar-refractivity contribution in [1.29, 1.82) is 0 Å². The lowest BCUT2D eigenvalue weighted by atomic mass is 9.99. The smallest absolute Gasteiger partial charge is 0.0319 e. The molecule has 0 saturated carbocycles. The molecule has 3 heteroatoms. The molecular weight excluding hydrogens is 398 g/mol. The van der Waals surface area contributed by atoms with Crippen molar-refractivity contribution in [3.05, 3.63) is 54.1 Å². The van der Waals surface area contributed by atoms with Gasteiger partial charge in [-0.25, -0.2) is 4.31 Å². The summed E-state index contributed by atoms with van der Waals surface area (Å²) in [6.07, 6.45) is 6.06. The molecule has 0 saturated heterocycles. The van der Waals surface area contributed by atoms with Crippen LogP contribution in [0.15, 0.2) is 42.3 Å². The molecule has 1 aromatic rings. The van der Waals surface area contributed by atoms with E-state index in [0.29, 0.717) is 5.92 Å². The molecule has 2 nitrogen and oxygen atoms in total. The first-order valence-corrected chi connectivity index (χ1v) is 12.4. The molecule has 0 heterocycles.